The molecule has 0 aliphatic carbocycles. The molecule has 1 aliphatic heterocycles. The summed E-state index contributed by atoms with van der Waals surface area (Å²) in [5.74, 6) is -1.20. The van der Waals surface area contributed by atoms with Gasteiger partial charge in [0.2, 0.25) is 5.91 Å². The van der Waals surface area contributed by atoms with Crippen LogP contribution < -0.4 is 20.9 Å². The van der Waals surface area contributed by atoms with E-state index < -0.39 is 29.6 Å². The van der Waals surface area contributed by atoms with Crippen LogP contribution in [0.3, 0.4) is 0 Å². The molecule has 0 spiro atoms. The van der Waals surface area contributed by atoms with Crippen LogP contribution >= 0.6 is 22.9 Å². The van der Waals surface area contributed by atoms with Gasteiger partial charge < -0.3 is 30.3 Å². The standard InChI is InChI=1S/C23H27ClN4O6S/c1-23(2,3)34-22(32)25-12-16(27-21(31)17-8-9-18(24)35-17)20(30)26-14-4-6-15(7-5-14)28-10-11-33-13-19(28)29/h4-9,16H,10-13H2,1-3H3,(H,25,32)(H,26,30)(H,27,31)/t16-/m1/s1. The first-order valence-corrected chi connectivity index (χ1v) is 12.0. The summed E-state index contributed by atoms with van der Waals surface area (Å²) >= 11 is 6.98. The first-order chi connectivity index (χ1) is 16.5. The summed E-state index contributed by atoms with van der Waals surface area (Å²) in [7, 11) is 0. The molecule has 0 bridgehead atoms. The Morgan fingerprint density at radius 3 is 2.49 bits per heavy atom. The molecule has 0 radical (unpaired) electrons. The van der Waals surface area contributed by atoms with Gasteiger partial charge in [-0.05, 0) is 57.2 Å². The molecule has 1 aliphatic rings. The van der Waals surface area contributed by atoms with Crippen LogP contribution in [0.25, 0.3) is 0 Å². The maximum Gasteiger partial charge on any atom is 0.407 e. The van der Waals surface area contributed by atoms with Crippen molar-refractivity contribution in [2.45, 2.75) is 32.4 Å². The molecule has 4 amide bonds. The SMILES string of the molecule is CC(C)(C)OC(=O)NC[C@@H](NC(=O)c1ccc(Cl)s1)C(=O)Nc1ccc(N2CCOCC2=O)cc1. The van der Waals surface area contributed by atoms with Gasteiger partial charge in [0.1, 0.15) is 18.2 Å². The summed E-state index contributed by atoms with van der Waals surface area (Å²) in [6, 6.07) is 8.74. The summed E-state index contributed by atoms with van der Waals surface area (Å²) in [5, 5.41) is 7.85. The highest BCUT2D eigenvalue weighted by Crippen LogP contribution is 2.22. The minimum Gasteiger partial charge on any atom is -0.444 e. The Kier molecular flexibility index (Phi) is 8.71. The smallest absolute Gasteiger partial charge is 0.407 e. The zero-order valence-electron chi connectivity index (χ0n) is 19.6. The van der Waals surface area contributed by atoms with Crippen LogP contribution in [0.4, 0.5) is 16.2 Å². The van der Waals surface area contributed by atoms with E-state index in [1.165, 1.54) is 0 Å². The predicted octanol–water partition coefficient (Wildman–Crippen LogP) is 3.03. The highest BCUT2D eigenvalue weighted by atomic mass is 35.5. The summed E-state index contributed by atoms with van der Waals surface area (Å²) < 4.78 is 10.8. The number of rotatable bonds is 7. The highest BCUT2D eigenvalue weighted by molar-refractivity contribution is 7.18. The zero-order chi connectivity index (χ0) is 25.6. The van der Waals surface area contributed by atoms with Gasteiger partial charge in [-0.2, -0.15) is 0 Å². The summed E-state index contributed by atoms with van der Waals surface area (Å²) in [6.45, 7) is 5.87. The van der Waals surface area contributed by atoms with Gasteiger partial charge in [0.15, 0.2) is 0 Å². The molecule has 0 unspecified atom stereocenters. The fraction of sp³-hybridized carbons (Fsp3) is 0.391. The van der Waals surface area contributed by atoms with E-state index in [1.807, 2.05) is 0 Å². The van der Waals surface area contributed by atoms with E-state index in [9.17, 15) is 19.2 Å². The molecule has 2 heterocycles. The number of thiophene rings is 1. The van der Waals surface area contributed by atoms with Crippen LogP contribution in [0.2, 0.25) is 4.34 Å². The molecule has 12 heteroatoms. The van der Waals surface area contributed by atoms with Crippen molar-refractivity contribution in [3.63, 3.8) is 0 Å². The topological polar surface area (TPSA) is 126 Å². The maximum atomic E-state index is 13.0. The van der Waals surface area contributed by atoms with Crippen molar-refractivity contribution >= 4 is 58.1 Å². The molecular weight excluding hydrogens is 496 g/mol. The van der Waals surface area contributed by atoms with Gasteiger partial charge >= 0.3 is 6.09 Å². The van der Waals surface area contributed by atoms with Crippen LogP contribution in [0.15, 0.2) is 36.4 Å². The van der Waals surface area contributed by atoms with Gasteiger partial charge in [-0.1, -0.05) is 11.6 Å². The van der Waals surface area contributed by atoms with Crippen molar-refractivity contribution in [2.24, 2.45) is 0 Å². The number of hydrogen-bond donors (Lipinski definition) is 3. The van der Waals surface area contributed by atoms with Gasteiger partial charge in [0.25, 0.3) is 11.8 Å². The van der Waals surface area contributed by atoms with E-state index >= 15 is 0 Å². The van der Waals surface area contributed by atoms with E-state index in [0.717, 1.165) is 11.3 Å². The van der Waals surface area contributed by atoms with Crippen molar-refractivity contribution in [3.8, 4) is 0 Å². The third kappa shape index (κ3) is 7.94. The first-order valence-electron chi connectivity index (χ1n) is 10.8. The first kappa shape index (κ1) is 26.5. The third-order valence-electron chi connectivity index (χ3n) is 4.70. The zero-order valence-corrected chi connectivity index (χ0v) is 21.1. The number of ether oxygens (including phenoxy) is 2. The molecule has 3 rings (SSSR count). The molecular formula is C23H27ClN4O6S. The summed E-state index contributed by atoms with van der Waals surface area (Å²) in [4.78, 5) is 51.7. The molecule has 1 fully saturated rings. The number of nitrogens with zero attached hydrogens (tertiary/aromatic N) is 1. The van der Waals surface area contributed by atoms with E-state index in [4.69, 9.17) is 21.1 Å². The van der Waals surface area contributed by atoms with E-state index in [-0.39, 0.29) is 19.1 Å². The largest absolute Gasteiger partial charge is 0.444 e. The molecule has 1 atom stereocenters. The Labute approximate surface area is 211 Å². The van der Waals surface area contributed by atoms with Crippen molar-refractivity contribution < 1.29 is 28.7 Å². The molecule has 2 aromatic rings. The lowest BCUT2D eigenvalue weighted by atomic mass is 10.2. The quantitative estimate of drug-likeness (QED) is 0.513. The summed E-state index contributed by atoms with van der Waals surface area (Å²) in [6.07, 6.45) is -0.719. The lowest BCUT2D eigenvalue weighted by Gasteiger charge is -2.27. The molecule has 1 saturated heterocycles. The predicted molar refractivity (Wildman–Crippen MR) is 133 cm³/mol. The highest BCUT2D eigenvalue weighted by Gasteiger charge is 2.25. The van der Waals surface area contributed by atoms with Crippen molar-refractivity contribution in [3.05, 3.63) is 45.6 Å². The van der Waals surface area contributed by atoms with Crippen molar-refractivity contribution in [2.75, 3.05) is 36.5 Å². The average molecular weight is 523 g/mol. The minimum absolute atomic E-state index is 0.0277. The van der Waals surface area contributed by atoms with Crippen LogP contribution in [0.1, 0.15) is 30.4 Å². The van der Waals surface area contributed by atoms with Crippen LogP contribution in [0, 0.1) is 0 Å². The van der Waals surface area contributed by atoms with Gasteiger partial charge in [0, 0.05) is 17.9 Å². The molecule has 1 aromatic carbocycles. The second-order valence-electron chi connectivity index (χ2n) is 8.65. The van der Waals surface area contributed by atoms with Crippen LogP contribution in [0.5, 0.6) is 0 Å². The van der Waals surface area contributed by atoms with E-state index in [1.54, 1.807) is 62.1 Å². The van der Waals surface area contributed by atoms with Crippen LogP contribution in [-0.2, 0) is 19.1 Å². The second kappa shape index (κ2) is 11.5. The number of carbonyl (C=O) groups excluding carboxylic acids is 4. The number of carbonyl (C=O) groups is 4. The summed E-state index contributed by atoms with van der Waals surface area (Å²) in [5.41, 5.74) is 0.417. The molecule has 188 valence electrons. The molecule has 10 nitrogen and oxygen atoms in total. The van der Waals surface area contributed by atoms with Gasteiger partial charge in [-0.25, -0.2) is 4.79 Å². The normalized spacial score (nSPS) is 14.7. The number of morpholine rings is 1. The maximum absolute atomic E-state index is 13.0. The van der Waals surface area contributed by atoms with Gasteiger partial charge in [0.05, 0.1) is 22.4 Å². The average Bonchev–Trinajstić information content (AvgIpc) is 3.22. The number of alkyl carbamates (subject to hydrolysis) is 1. The Morgan fingerprint density at radius 1 is 1.17 bits per heavy atom. The molecule has 0 saturated carbocycles. The Bertz CT molecular complexity index is 1080. The number of halogens is 1. The number of anilines is 2. The number of hydrogen-bond acceptors (Lipinski definition) is 7. The van der Waals surface area contributed by atoms with E-state index in [0.29, 0.717) is 33.7 Å². The van der Waals surface area contributed by atoms with Gasteiger partial charge in [-0.3, -0.25) is 14.4 Å². The second-order valence-corrected chi connectivity index (χ2v) is 10.4. The fourth-order valence-corrected chi connectivity index (χ4v) is 4.07. The number of nitrogens with one attached hydrogen (secondary N) is 3. The van der Waals surface area contributed by atoms with E-state index in [2.05, 4.69) is 16.0 Å². The lowest BCUT2D eigenvalue weighted by molar-refractivity contribution is -0.125. The minimum atomic E-state index is -1.10. The lowest BCUT2D eigenvalue weighted by Crippen LogP contribution is -2.51. The fourth-order valence-electron chi connectivity index (χ4n) is 3.12. The Balaban J connectivity index is 1.68. The molecule has 1 aromatic heterocycles. The van der Waals surface area contributed by atoms with Crippen LogP contribution in [-0.4, -0.2) is 61.8 Å². The van der Waals surface area contributed by atoms with Gasteiger partial charge in [-0.15, -0.1) is 11.3 Å². The van der Waals surface area contributed by atoms with Crippen molar-refractivity contribution in [1.82, 2.24) is 10.6 Å². The monoisotopic (exact) mass is 522 g/mol. The van der Waals surface area contributed by atoms with Crippen molar-refractivity contribution in [1.29, 1.82) is 0 Å². The molecule has 35 heavy (non-hydrogen) atoms. The Morgan fingerprint density at radius 2 is 1.89 bits per heavy atom. The number of benzene rings is 1. The number of amides is 4. The Hall–Kier alpha value is -3.15. The molecule has 3 N–H and O–H groups in total. The third-order valence-corrected chi connectivity index (χ3v) is 5.93.